The van der Waals surface area contributed by atoms with Crippen molar-refractivity contribution in [2.75, 3.05) is 5.32 Å². The summed E-state index contributed by atoms with van der Waals surface area (Å²) >= 11 is 1.29. The molecule has 0 amide bonds. The van der Waals surface area contributed by atoms with Gasteiger partial charge in [-0.25, -0.2) is 0 Å². The SMILES string of the molecule is CC1(C)Nc2c(CN)cccc2SC1=O. The molecule has 1 heterocycles. The Bertz CT molecular complexity index is 415. The molecule has 0 aliphatic carbocycles. The Hall–Kier alpha value is -1.00. The van der Waals surface area contributed by atoms with Crippen molar-refractivity contribution < 1.29 is 4.79 Å². The molecule has 0 fully saturated rings. The van der Waals surface area contributed by atoms with Gasteiger partial charge in [0.05, 0.1) is 5.69 Å². The van der Waals surface area contributed by atoms with E-state index in [9.17, 15) is 4.79 Å². The molecule has 1 aliphatic heterocycles. The second-order valence-electron chi connectivity index (χ2n) is 4.13. The van der Waals surface area contributed by atoms with Gasteiger partial charge in [0.15, 0.2) is 0 Å². The average molecular weight is 222 g/mol. The molecule has 1 aliphatic rings. The number of carbonyl (C=O) groups is 1. The van der Waals surface area contributed by atoms with E-state index in [1.807, 2.05) is 32.0 Å². The Morgan fingerprint density at radius 1 is 1.47 bits per heavy atom. The number of nitrogens with two attached hydrogens (primary N) is 1. The van der Waals surface area contributed by atoms with E-state index < -0.39 is 5.54 Å². The van der Waals surface area contributed by atoms with E-state index in [1.165, 1.54) is 11.8 Å². The third-order valence-corrected chi connectivity index (χ3v) is 3.74. The number of carbonyl (C=O) groups excluding carboxylic acids is 1. The summed E-state index contributed by atoms with van der Waals surface area (Å²) in [6, 6.07) is 5.86. The highest BCUT2D eigenvalue weighted by molar-refractivity contribution is 8.14. The lowest BCUT2D eigenvalue weighted by atomic mass is 10.0. The Labute approximate surface area is 93.4 Å². The lowest BCUT2D eigenvalue weighted by Gasteiger charge is -2.32. The second-order valence-corrected chi connectivity index (χ2v) is 5.15. The first-order valence-electron chi connectivity index (χ1n) is 4.87. The monoisotopic (exact) mass is 222 g/mol. The van der Waals surface area contributed by atoms with E-state index in [1.54, 1.807) is 0 Å². The first-order valence-corrected chi connectivity index (χ1v) is 5.68. The van der Waals surface area contributed by atoms with Gasteiger partial charge in [0, 0.05) is 11.4 Å². The summed E-state index contributed by atoms with van der Waals surface area (Å²) in [6.45, 7) is 4.26. The summed E-state index contributed by atoms with van der Waals surface area (Å²) in [5.74, 6) is 0. The molecular formula is C11H14N2OS. The van der Waals surface area contributed by atoms with Gasteiger partial charge in [-0.3, -0.25) is 4.79 Å². The predicted molar refractivity (Wildman–Crippen MR) is 62.9 cm³/mol. The van der Waals surface area contributed by atoms with E-state index in [0.29, 0.717) is 6.54 Å². The Balaban J connectivity index is 2.50. The topological polar surface area (TPSA) is 55.1 Å². The first kappa shape index (κ1) is 10.5. The van der Waals surface area contributed by atoms with E-state index in [4.69, 9.17) is 5.73 Å². The van der Waals surface area contributed by atoms with Gasteiger partial charge in [-0.1, -0.05) is 12.1 Å². The van der Waals surface area contributed by atoms with Crippen LogP contribution in [0.25, 0.3) is 0 Å². The molecule has 80 valence electrons. The molecule has 4 heteroatoms. The van der Waals surface area contributed by atoms with Crippen molar-refractivity contribution in [3.8, 4) is 0 Å². The van der Waals surface area contributed by atoms with E-state index >= 15 is 0 Å². The van der Waals surface area contributed by atoms with Crippen molar-refractivity contribution in [2.45, 2.75) is 30.8 Å². The van der Waals surface area contributed by atoms with Crippen molar-refractivity contribution in [2.24, 2.45) is 5.73 Å². The maximum Gasteiger partial charge on any atom is 0.218 e. The van der Waals surface area contributed by atoms with Gasteiger partial charge >= 0.3 is 0 Å². The Kier molecular flexibility index (Phi) is 2.48. The normalized spacial score (nSPS) is 18.2. The smallest absolute Gasteiger partial charge is 0.218 e. The van der Waals surface area contributed by atoms with E-state index in [0.717, 1.165) is 16.1 Å². The van der Waals surface area contributed by atoms with Crippen molar-refractivity contribution in [3.63, 3.8) is 0 Å². The number of nitrogens with one attached hydrogen (secondary N) is 1. The number of rotatable bonds is 1. The van der Waals surface area contributed by atoms with Gasteiger partial charge in [-0.05, 0) is 37.2 Å². The number of hydrogen-bond donors (Lipinski definition) is 2. The van der Waals surface area contributed by atoms with Crippen LogP contribution in [-0.2, 0) is 11.3 Å². The number of thioether (sulfide) groups is 1. The summed E-state index contributed by atoms with van der Waals surface area (Å²) < 4.78 is 0. The average Bonchev–Trinajstić information content (AvgIpc) is 2.18. The van der Waals surface area contributed by atoms with Gasteiger partial charge < -0.3 is 11.1 Å². The minimum Gasteiger partial charge on any atom is -0.371 e. The molecule has 0 saturated carbocycles. The summed E-state index contributed by atoms with van der Waals surface area (Å²) in [7, 11) is 0. The third kappa shape index (κ3) is 1.75. The molecule has 3 N–H and O–H groups in total. The van der Waals surface area contributed by atoms with Crippen LogP contribution in [0.1, 0.15) is 19.4 Å². The lowest BCUT2D eigenvalue weighted by Crippen LogP contribution is -2.41. The lowest BCUT2D eigenvalue weighted by molar-refractivity contribution is -0.114. The van der Waals surface area contributed by atoms with E-state index in [-0.39, 0.29) is 5.12 Å². The zero-order valence-electron chi connectivity index (χ0n) is 8.83. The third-order valence-electron chi connectivity index (χ3n) is 2.48. The fourth-order valence-electron chi connectivity index (χ4n) is 1.56. The Morgan fingerprint density at radius 3 is 2.87 bits per heavy atom. The van der Waals surface area contributed by atoms with Crippen LogP contribution < -0.4 is 11.1 Å². The predicted octanol–water partition coefficient (Wildman–Crippen LogP) is 1.97. The first-order chi connectivity index (χ1) is 7.04. The molecule has 0 unspecified atom stereocenters. The minimum atomic E-state index is -0.511. The van der Waals surface area contributed by atoms with Crippen molar-refractivity contribution >= 4 is 22.6 Å². The van der Waals surface area contributed by atoms with Crippen molar-refractivity contribution in [1.82, 2.24) is 0 Å². The van der Waals surface area contributed by atoms with Gasteiger partial charge in [-0.15, -0.1) is 0 Å². The van der Waals surface area contributed by atoms with Crippen LogP contribution in [-0.4, -0.2) is 10.7 Å². The fraction of sp³-hybridized carbons (Fsp3) is 0.364. The number of para-hydroxylation sites is 1. The van der Waals surface area contributed by atoms with Crippen LogP contribution in [0.2, 0.25) is 0 Å². The molecule has 1 aromatic carbocycles. The molecule has 0 saturated heterocycles. The molecular weight excluding hydrogens is 208 g/mol. The maximum absolute atomic E-state index is 11.7. The molecule has 0 bridgehead atoms. The number of fused-ring (bicyclic) bond motifs is 1. The summed E-state index contributed by atoms with van der Waals surface area (Å²) in [4.78, 5) is 12.7. The van der Waals surface area contributed by atoms with Crippen LogP contribution in [0.5, 0.6) is 0 Å². The number of anilines is 1. The molecule has 2 rings (SSSR count). The highest BCUT2D eigenvalue weighted by Gasteiger charge is 2.34. The molecule has 15 heavy (non-hydrogen) atoms. The quantitative estimate of drug-likeness (QED) is 0.762. The second kappa shape index (κ2) is 3.54. The fourth-order valence-corrected chi connectivity index (χ4v) is 2.50. The van der Waals surface area contributed by atoms with Gasteiger partial charge in [-0.2, -0.15) is 0 Å². The summed E-state index contributed by atoms with van der Waals surface area (Å²) in [6.07, 6.45) is 0. The van der Waals surface area contributed by atoms with Crippen molar-refractivity contribution in [3.05, 3.63) is 23.8 Å². The highest BCUT2D eigenvalue weighted by atomic mass is 32.2. The highest BCUT2D eigenvalue weighted by Crippen LogP contribution is 2.39. The summed E-state index contributed by atoms with van der Waals surface area (Å²) in [5.41, 5.74) is 7.22. The molecule has 0 atom stereocenters. The molecule has 1 aromatic rings. The maximum atomic E-state index is 11.7. The molecule has 0 aromatic heterocycles. The minimum absolute atomic E-state index is 0.143. The Morgan fingerprint density at radius 2 is 2.20 bits per heavy atom. The van der Waals surface area contributed by atoms with Crippen LogP contribution >= 0.6 is 11.8 Å². The standard InChI is InChI=1S/C11H14N2OS/c1-11(2)10(14)15-8-5-3-4-7(6-12)9(8)13-11/h3-5,13H,6,12H2,1-2H3. The molecule has 0 radical (unpaired) electrons. The largest absolute Gasteiger partial charge is 0.371 e. The van der Waals surface area contributed by atoms with Crippen LogP contribution in [0, 0.1) is 0 Å². The molecule has 0 spiro atoms. The van der Waals surface area contributed by atoms with E-state index in [2.05, 4.69) is 5.32 Å². The van der Waals surface area contributed by atoms with Crippen LogP contribution in [0.4, 0.5) is 5.69 Å². The zero-order valence-corrected chi connectivity index (χ0v) is 9.65. The van der Waals surface area contributed by atoms with Gasteiger partial charge in [0.1, 0.15) is 5.54 Å². The molecule has 3 nitrogen and oxygen atoms in total. The van der Waals surface area contributed by atoms with Gasteiger partial charge in [0.2, 0.25) is 5.12 Å². The number of hydrogen-bond acceptors (Lipinski definition) is 4. The summed E-state index contributed by atoms with van der Waals surface area (Å²) in [5, 5.41) is 3.40. The van der Waals surface area contributed by atoms with Gasteiger partial charge in [0.25, 0.3) is 0 Å². The zero-order chi connectivity index (χ0) is 11.1. The van der Waals surface area contributed by atoms with Crippen LogP contribution in [0.3, 0.4) is 0 Å². The van der Waals surface area contributed by atoms with Crippen LogP contribution in [0.15, 0.2) is 23.1 Å². The number of benzene rings is 1. The van der Waals surface area contributed by atoms with Crippen molar-refractivity contribution in [1.29, 1.82) is 0 Å².